The Balaban J connectivity index is 2.30. The van der Waals surface area contributed by atoms with Gasteiger partial charge in [0, 0.05) is 17.9 Å². The maximum atomic E-state index is 11.7. The number of nitrogens with one attached hydrogen (secondary N) is 1. The number of benzene rings is 3. The highest BCUT2D eigenvalue weighted by Crippen LogP contribution is 2.47. The molecule has 12 nitrogen and oxygen atoms in total. The summed E-state index contributed by atoms with van der Waals surface area (Å²) in [4.78, 5) is 22.9. The topological polar surface area (TPSA) is 184 Å². The van der Waals surface area contributed by atoms with Gasteiger partial charge in [0.25, 0.3) is 10.1 Å². The highest BCUT2D eigenvalue weighted by Gasteiger charge is 2.22. The van der Waals surface area contributed by atoms with Gasteiger partial charge in [0.2, 0.25) is 5.91 Å². The van der Waals surface area contributed by atoms with Crippen molar-refractivity contribution in [2.45, 2.75) is 30.6 Å². The van der Waals surface area contributed by atoms with E-state index >= 15 is 0 Å². The lowest BCUT2D eigenvalue weighted by Crippen LogP contribution is -2.08. The third kappa shape index (κ3) is 6.00. The highest BCUT2D eigenvalue weighted by atomic mass is 32.2. The minimum Gasteiger partial charge on any atom is -0.505 e. The van der Waals surface area contributed by atoms with Crippen molar-refractivity contribution in [1.29, 1.82) is 0 Å². The third-order valence-electron chi connectivity index (χ3n) is 4.76. The number of fused-ring (bicyclic) bond motifs is 1. The largest absolute Gasteiger partial charge is 0.505 e. The van der Waals surface area contributed by atoms with Crippen LogP contribution >= 0.6 is 12.0 Å². The van der Waals surface area contributed by atoms with Crippen molar-refractivity contribution >= 4 is 61.7 Å². The molecule has 4 N–H and O–H groups in total. The zero-order valence-electron chi connectivity index (χ0n) is 18.5. The first-order valence-electron chi connectivity index (χ1n) is 9.69. The van der Waals surface area contributed by atoms with E-state index in [4.69, 9.17) is 5.26 Å². The van der Waals surface area contributed by atoms with Crippen molar-refractivity contribution in [3.8, 4) is 5.75 Å². The summed E-state index contributed by atoms with van der Waals surface area (Å²) in [7, 11) is -4.67. The predicted molar refractivity (Wildman–Crippen MR) is 126 cm³/mol. The van der Waals surface area contributed by atoms with Gasteiger partial charge in [-0.15, -0.1) is 9.45 Å². The Bertz CT molecular complexity index is 1470. The number of anilines is 1. The van der Waals surface area contributed by atoms with Crippen molar-refractivity contribution in [3.05, 3.63) is 47.5 Å². The minimum atomic E-state index is -4.67. The summed E-state index contributed by atoms with van der Waals surface area (Å²) in [5.41, 5.74) is 1.10. The predicted octanol–water partition coefficient (Wildman–Crippen LogP) is 5.11. The third-order valence-corrected chi connectivity index (χ3v) is 6.21. The molecule has 0 aliphatic heterocycles. The normalized spacial score (nSPS) is 11.8. The standard InChI is InChI=1S/C21H19N3O9S2/c1-10-4-5-13(11(2)25)7-16(10)23-24-20-18(34-33-32-28)8-14-6-15(35(29,30)31)9-17(22-12(3)26)19(14)21(20)27/h4-9,27-28H,1-3H3,(H,22,26)(H,29,30,31). The first-order valence-corrected chi connectivity index (χ1v) is 11.9. The number of Topliss-reactive ketones (excluding diaryl/α,β-unsaturated/α-hetero) is 1. The van der Waals surface area contributed by atoms with Crippen LogP contribution in [0.15, 0.2) is 56.4 Å². The molecule has 3 rings (SSSR count). The minimum absolute atomic E-state index is 0.00924. The molecule has 0 aromatic heterocycles. The molecule has 184 valence electrons. The fraction of sp³-hybridized carbons (Fsp3) is 0.143. The van der Waals surface area contributed by atoms with E-state index in [-0.39, 0.29) is 32.8 Å². The zero-order chi connectivity index (χ0) is 25.9. The Hall–Kier alpha value is -3.40. The Labute approximate surface area is 203 Å². The van der Waals surface area contributed by atoms with Crippen LogP contribution in [0, 0.1) is 6.92 Å². The average molecular weight is 522 g/mol. The molecule has 0 aliphatic rings. The Morgan fingerprint density at radius 1 is 1.09 bits per heavy atom. The number of ketones is 1. The number of carbonyl (C=O) groups excluding carboxylic acids is 2. The molecule has 0 saturated carbocycles. The van der Waals surface area contributed by atoms with Gasteiger partial charge in [-0.25, -0.2) is 5.26 Å². The number of phenolic OH excluding ortho intramolecular Hbond substituents is 1. The van der Waals surface area contributed by atoms with E-state index in [2.05, 4.69) is 24.9 Å². The van der Waals surface area contributed by atoms with Gasteiger partial charge in [-0.1, -0.05) is 17.2 Å². The molecule has 0 saturated heterocycles. The van der Waals surface area contributed by atoms with Crippen LogP contribution in [0.3, 0.4) is 0 Å². The Kier molecular flexibility index (Phi) is 7.84. The molecular weight excluding hydrogens is 502 g/mol. The lowest BCUT2D eigenvalue weighted by Gasteiger charge is -2.14. The van der Waals surface area contributed by atoms with Crippen LogP contribution in [0.25, 0.3) is 10.8 Å². The molecule has 3 aromatic rings. The van der Waals surface area contributed by atoms with Crippen LogP contribution in [-0.2, 0) is 24.3 Å². The number of phenols is 1. The van der Waals surface area contributed by atoms with E-state index < -0.39 is 26.7 Å². The molecule has 0 aliphatic carbocycles. The van der Waals surface area contributed by atoms with Gasteiger partial charge in [0.15, 0.2) is 11.5 Å². The van der Waals surface area contributed by atoms with Gasteiger partial charge in [0.05, 0.1) is 33.2 Å². The molecule has 1 amide bonds. The van der Waals surface area contributed by atoms with Gasteiger partial charge in [-0.3, -0.25) is 14.1 Å². The summed E-state index contributed by atoms with van der Waals surface area (Å²) in [5, 5.41) is 33.9. The molecule has 0 fully saturated rings. The number of azo groups is 1. The maximum Gasteiger partial charge on any atom is 0.294 e. The van der Waals surface area contributed by atoms with Gasteiger partial charge >= 0.3 is 0 Å². The number of carbonyl (C=O) groups is 2. The fourth-order valence-electron chi connectivity index (χ4n) is 3.15. The second kappa shape index (κ2) is 10.5. The number of nitrogens with zero attached hydrogens (tertiary/aromatic N) is 2. The fourth-order valence-corrected chi connectivity index (χ4v) is 4.19. The molecule has 0 radical (unpaired) electrons. The quantitative estimate of drug-likeness (QED) is 0.0776. The molecule has 14 heteroatoms. The first kappa shape index (κ1) is 26.2. The molecule has 0 atom stereocenters. The number of hydrogen-bond donors (Lipinski definition) is 4. The van der Waals surface area contributed by atoms with Crippen molar-refractivity contribution in [2.24, 2.45) is 10.2 Å². The highest BCUT2D eigenvalue weighted by molar-refractivity contribution is 7.94. The summed E-state index contributed by atoms with van der Waals surface area (Å²) in [6.45, 7) is 4.31. The summed E-state index contributed by atoms with van der Waals surface area (Å²) in [5.74, 6) is -1.29. The summed E-state index contributed by atoms with van der Waals surface area (Å²) in [6, 6.07) is 8.16. The van der Waals surface area contributed by atoms with Crippen molar-refractivity contribution in [3.63, 3.8) is 0 Å². The molecule has 35 heavy (non-hydrogen) atoms. The Morgan fingerprint density at radius 3 is 2.40 bits per heavy atom. The van der Waals surface area contributed by atoms with E-state index in [9.17, 15) is 27.7 Å². The molecule has 0 bridgehead atoms. The maximum absolute atomic E-state index is 11.7. The van der Waals surface area contributed by atoms with Crippen LogP contribution < -0.4 is 5.32 Å². The first-order chi connectivity index (χ1) is 16.4. The SMILES string of the molecule is CC(=O)Nc1cc(S(=O)(=O)O)cc2cc(SOOO)c(N=Nc3cc(C(C)=O)ccc3C)c(O)c12. The van der Waals surface area contributed by atoms with Crippen molar-refractivity contribution in [2.75, 3.05) is 5.32 Å². The van der Waals surface area contributed by atoms with E-state index in [1.165, 1.54) is 26.0 Å². The zero-order valence-corrected chi connectivity index (χ0v) is 20.1. The van der Waals surface area contributed by atoms with E-state index in [0.717, 1.165) is 12.1 Å². The number of rotatable bonds is 8. The van der Waals surface area contributed by atoms with Crippen molar-refractivity contribution < 1.29 is 42.3 Å². The lowest BCUT2D eigenvalue weighted by atomic mass is 10.1. The Morgan fingerprint density at radius 2 is 1.80 bits per heavy atom. The number of hydrogen-bond acceptors (Lipinski definition) is 11. The van der Waals surface area contributed by atoms with Gasteiger partial charge in [-0.05, 0) is 49.1 Å². The second-order valence-electron chi connectivity index (χ2n) is 7.28. The van der Waals surface area contributed by atoms with Gasteiger partial charge in [-0.2, -0.15) is 13.5 Å². The number of aromatic hydroxyl groups is 1. The molecule has 0 unspecified atom stereocenters. The van der Waals surface area contributed by atoms with E-state index in [0.29, 0.717) is 28.9 Å². The van der Waals surface area contributed by atoms with Crippen LogP contribution in [0.2, 0.25) is 0 Å². The van der Waals surface area contributed by atoms with E-state index in [1.807, 2.05) is 0 Å². The van der Waals surface area contributed by atoms with Gasteiger partial charge in [0.1, 0.15) is 5.69 Å². The van der Waals surface area contributed by atoms with Crippen LogP contribution in [0.5, 0.6) is 5.75 Å². The average Bonchev–Trinajstić information content (AvgIpc) is 2.76. The second-order valence-corrected chi connectivity index (χ2v) is 9.44. The molecule has 0 heterocycles. The summed E-state index contributed by atoms with van der Waals surface area (Å²) in [6.07, 6.45) is 0. The smallest absolute Gasteiger partial charge is 0.294 e. The monoisotopic (exact) mass is 521 g/mol. The number of aryl methyl sites for hydroxylation is 1. The molecule has 3 aromatic carbocycles. The lowest BCUT2D eigenvalue weighted by molar-refractivity contribution is -0.432. The molecular formula is C21H19N3O9S2. The van der Waals surface area contributed by atoms with Crippen LogP contribution in [0.4, 0.5) is 17.1 Å². The van der Waals surface area contributed by atoms with E-state index in [1.54, 1.807) is 19.1 Å². The van der Waals surface area contributed by atoms with Gasteiger partial charge < -0.3 is 10.4 Å². The summed E-state index contributed by atoms with van der Waals surface area (Å²) >= 11 is 0.417. The van der Waals surface area contributed by atoms with Crippen LogP contribution in [0.1, 0.15) is 29.8 Å². The van der Waals surface area contributed by atoms with Crippen LogP contribution in [-0.4, -0.2) is 35.0 Å². The number of amides is 1. The molecule has 0 spiro atoms. The summed E-state index contributed by atoms with van der Waals surface area (Å²) < 4.78 is 37.4. The van der Waals surface area contributed by atoms with Crippen molar-refractivity contribution in [1.82, 2.24) is 0 Å².